The normalized spacial score (nSPS) is 11.1. The maximum Gasteiger partial charge on any atom is 0.115 e. The number of imidazole rings is 1. The summed E-state index contributed by atoms with van der Waals surface area (Å²) in [6.45, 7) is 0. The molecule has 0 saturated carbocycles. The Bertz CT molecular complexity index is 988. The molecule has 1 aromatic heterocycles. The van der Waals surface area contributed by atoms with Crippen molar-refractivity contribution in [3.05, 3.63) is 84.2 Å². The van der Waals surface area contributed by atoms with Crippen LogP contribution in [0.1, 0.15) is 24.2 Å². The summed E-state index contributed by atoms with van der Waals surface area (Å²) in [5.74, 6) is 1.38. The second-order valence-corrected chi connectivity index (χ2v) is 6.66. The van der Waals surface area contributed by atoms with Gasteiger partial charge in [-0.15, -0.1) is 0 Å². The largest absolute Gasteiger partial charge is 0.508 e. The van der Waals surface area contributed by atoms with E-state index in [1.165, 1.54) is 16.7 Å². The van der Waals surface area contributed by atoms with E-state index in [1.807, 2.05) is 18.2 Å². The molecule has 0 aliphatic carbocycles. The molecule has 0 aliphatic heterocycles. The smallest absolute Gasteiger partial charge is 0.115 e. The van der Waals surface area contributed by atoms with Gasteiger partial charge in [-0.2, -0.15) is 0 Å². The van der Waals surface area contributed by atoms with Crippen molar-refractivity contribution >= 4 is 11.0 Å². The van der Waals surface area contributed by atoms with E-state index >= 15 is 0 Å². The van der Waals surface area contributed by atoms with Crippen molar-refractivity contribution < 1.29 is 5.11 Å². The van der Waals surface area contributed by atoms with Crippen molar-refractivity contribution in [2.45, 2.75) is 25.7 Å². The Morgan fingerprint density at radius 1 is 0.769 bits per heavy atom. The average molecular weight is 342 g/mol. The second kappa shape index (κ2) is 7.44. The fourth-order valence-corrected chi connectivity index (χ4v) is 3.28. The van der Waals surface area contributed by atoms with Crippen LogP contribution in [0.15, 0.2) is 72.8 Å². The van der Waals surface area contributed by atoms with E-state index < -0.39 is 0 Å². The predicted octanol–water partition coefficient (Wildman–Crippen LogP) is 5.50. The molecule has 0 spiro atoms. The second-order valence-electron chi connectivity index (χ2n) is 6.66. The van der Waals surface area contributed by atoms with Crippen LogP contribution in [0.2, 0.25) is 0 Å². The average Bonchev–Trinajstić information content (AvgIpc) is 3.09. The molecule has 0 fully saturated rings. The zero-order valence-electron chi connectivity index (χ0n) is 14.7. The summed E-state index contributed by atoms with van der Waals surface area (Å²) < 4.78 is 0. The van der Waals surface area contributed by atoms with Crippen LogP contribution >= 0.6 is 0 Å². The van der Waals surface area contributed by atoms with Crippen LogP contribution in [-0.4, -0.2) is 15.1 Å². The molecule has 0 atom stereocenters. The lowest BCUT2D eigenvalue weighted by molar-refractivity contribution is 0.475. The highest BCUT2D eigenvalue weighted by Gasteiger charge is 2.05. The van der Waals surface area contributed by atoms with Crippen molar-refractivity contribution in [1.29, 1.82) is 0 Å². The maximum absolute atomic E-state index is 9.33. The van der Waals surface area contributed by atoms with E-state index in [2.05, 4.69) is 47.4 Å². The summed E-state index contributed by atoms with van der Waals surface area (Å²) in [6.07, 6.45) is 4.18. The van der Waals surface area contributed by atoms with Gasteiger partial charge in [-0.3, -0.25) is 0 Å². The molecular weight excluding hydrogens is 320 g/mol. The Morgan fingerprint density at radius 2 is 1.54 bits per heavy atom. The lowest BCUT2D eigenvalue weighted by Gasteiger charge is -2.01. The lowest BCUT2D eigenvalue weighted by Crippen LogP contribution is -1.91. The predicted molar refractivity (Wildman–Crippen MR) is 106 cm³/mol. The van der Waals surface area contributed by atoms with Gasteiger partial charge >= 0.3 is 0 Å². The lowest BCUT2D eigenvalue weighted by atomic mass is 10.1. The monoisotopic (exact) mass is 342 g/mol. The van der Waals surface area contributed by atoms with Crippen LogP contribution in [0.25, 0.3) is 22.2 Å². The molecule has 2 N–H and O–H groups in total. The summed E-state index contributed by atoms with van der Waals surface area (Å²) in [5.41, 5.74) is 5.82. The molecule has 4 rings (SSSR count). The van der Waals surface area contributed by atoms with E-state index in [0.717, 1.165) is 42.5 Å². The molecule has 1 heterocycles. The van der Waals surface area contributed by atoms with E-state index in [0.29, 0.717) is 5.75 Å². The van der Waals surface area contributed by atoms with Gasteiger partial charge in [0.05, 0.1) is 11.0 Å². The zero-order valence-corrected chi connectivity index (χ0v) is 14.7. The third-order valence-corrected chi connectivity index (χ3v) is 4.70. The van der Waals surface area contributed by atoms with Gasteiger partial charge in [0.15, 0.2) is 0 Å². The van der Waals surface area contributed by atoms with Crippen molar-refractivity contribution in [1.82, 2.24) is 9.97 Å². The first kappa shape index (κ1) is 16.4. The van der Waals surface area contributed by atoms with E-state index in [9.17, 15) is 5.11 Å². The first-order valence-electron chi connectivity index (χ1n) is 9.10. The number of aromatic hydroxyl groups is 1. The number of H-pyrrole nitrogens is 1. The fourth-order valence-electron chi connectivity index (χ4n) is 3.28. The van der Waals surface area contributed by atoms with Crippen LogP contribution < -0.4 is 0 Å². The molecule has 0 amide bonds. The Kier molecular flexibility index (Phi) is 4.69. The summed E-state index contributed by atoms with van der Waals surface area (Å²) in [4.78, 5) is 8.18. The summed E-state index contributed by atoms with van der Waals surface area (Å²) in [7, 11) is 0. The Labute approximate surface area is 153 Å². The van der Waals surface area contributed by atoms with Gasteiger partial charge < -0.3 is 10.1 Å². The molecule has 0 radical (unpaired) electrons. The molecular formula is C23H22N2O. The van der Waals surface area contributed by atoms with Gasteiger partial charge in [-0.25, -0.2) is 4.98 Å². The number of aryl methyl sites for hydroxylation is 2. The van der Waals surface area contributed by atoms with Gasteiger partial charge in [0.2, 0.25) is 0 Å². The Morgan fingerprint density at radius 3 is 2.35 bits per heavy atom. The van der Waals surface area contributed by atoms with Crippen molar-refractivity contribution in [2.24, 2.45) is 0 Å². The quantitative estimate of drug-likeness (QED) is 0.454. The molecule has 130 valence electrons. The van der Waals surface area contributed by atoms with Gasteiger partial charge in [0.1, 0.15) is 11.6 Å². The van der Waals surface area contributed by atoms with E-state index in [1.54, 1.807) is 12.1 Å². The molecule has 3 heteroatoms. The third-order valence-electron chi connectivity index (χ3n) is 4.70. The van der Waals surface area contributed by atoms with E-state index in [-0.39, 0.29) is 0 Å². The number of fused-ring (bicyclic) bond motifs is 1. The van der Waals surface area contributed by atoms with Gasteiger partial charge in [0.25, 0.3) is 0 Å². The Balaban J connectivity index is 1.39. The number of hydrogen-bond donors (Lipinski definition) is 2. The number of hydrogen-bond acceptors (Lipinski definition) is 2. The van der Waals surface area contributed by atoms with Gasteiger partial charge in [0, 0.05) is 6.42 Å². The molecule has 3 nitrogen and oxygen atoms in total. The number of nitrogens with one attached hydrogen (secondary N) is 1. The number of nitrogens with zero attached hydrogens (tertiary/aromatic N) is 1. The van der Waals surface area contributed by atoms with Gasteiger partial charge in [-0.05, 0) is 60.2 Å². The highest BCUT2D eigenvalue weighted by atomic mass is 16.3. The van der Waals surface area contributed by atoms with Crippen LogP contribution in [0.3, 0.4) is 0 Å². The number of unbranched alkanes of at least 4 members (excludes halogenated alkanes) is 1. The molecule has 0 bridgehead atoms. The number of phenolic OH excluding ortho intramolecular Hbond substituents is 1. The topological polar surface area (TPSA) is 48.9 Å². The van der Waals surface area contributed by atoms with Crippen LogP contribution in [-0.2, 0) is 12.8 Å². The highest BCUT2D eigenvalue weighted by molar-refractivity contribution is 5.81. The third kappa shape index (κ3) is 3.77. The molecule has 4 aromatic rings. The summed E-state index contributed by atoms with van der Waals surface area (Å²) in [5, 5.41) is 9.33. The van der Waals surface area contributed by atoms with Crippen LogP contribution in [0, 0.1) is 0 Å². The van der Waals surface area contributed by atoms with Crippen molar-refractivity contribution in [3.63, 3.8) is 0 Å². The maximum atomic E-state index is 9.33. The van der Waals surface area contributed by atoms with Crippen LogP contribution in [0.5, 0.6) is 5.75 Å². The first-order valence-corrected chi connectivity index (χ1v) is 9.10. The number of phenols is 1. The van der Waals surface area contributed by atoms with Crippen molar-refractivity contribution in [3.8, 4) is 16.9 Å². The van der Waals surface area contributed by atoms with Crippen LogP contribution in [0.4, 0.5) is 0 Å². The highest BCUT2D eigenvalue weighted by Crippen LogP contribution is 2.23. The standard InChI is InChI=1S/C23H22N2O/c26-20-13-10-17(11-14-20)6-4-5-9-23-24-21-15-12-19(16-22(21)25-23)18-7-2-1-3-8-18/h1-3,7-8,10-16,26H,4-6,9H2,(H,24,25). The SMILES string of the molecule is Oc1ccc(CCCCc2nc3ccc(-c4ccccc4)cc3[nH]2)cc1. The minimum Gasteiger partial charge on any atom is -0.508 e. The molecule has 0 unspecified atom stereocenters. The number of rotatable bonds is 6. The minimum absolute atomic E-state index is 0.325. The summed E-state index contributed by atoms with van der Waals surface area (Å²) >= 11 is 0. The number of benzene rings is 3. The number of aromatic nitrogens is 2. The zero-order chi connectivity index (χ0) is 17.8. The fraction of sp³-hybridized carbons (Fsp3) is 0.174. The molecule has 26 heavy (non-hydrogen) atoms. The summed E-state index contributed by atoms with van der Waals surface area (Å²) in [6, 6.07) is 24.3. The van der Waals surface area contributed by atoms with E-state index in [4.69, 9.17) is 4.98 Å². The molecule has 3 aromatic carbocycles. The van der Waals surface area contributed by atoms with Crippen molar-refractivity contribution in [2.75, 3.05) is 0 Å². The minimum atomic E-state index is 0.325. The van der Waals surface area contributed by atoms with Gasteiger partial charge in [-0.1, -0.05) is 48.5 Å². The molecule has 0 saturated heterocycles. The first-order chi connectivity index (χ1) is 12.8. The number of aromatic amines is 1. The Hall–Kier alpha value is -3.07. The molecule has 0 aliphatic rings.